The van der Waals surface area contributed by atoms with Gasteiger partial charge in [0.05, 0.1) is 23.6 Å². The summed E-state index contributed by atoms with van der Waals surface area (Å²) in [5.41, 5.74) is 2.68. The molecule has 0 saturated carbocycles. The van der Waals surface area contributed by atoms with E-state index in [0.717, 1.165) is 23.2 Å². The van der Waals surface area contributed by atoms with Gasteiger partial charge in [0.1, 0.15) is 0 Å². The van der Waals surface area contributed by atoms with Crippen LogP contribution in [0.4, 0.5) is 0 Å². The van der Waals surface area contributed by atoms with E-state index in [1.807, 2.05) is 69.3 Å². The van der Waals surface area contributed by atoms with Crippen LogP contribution in [0.25, 0.3) is 0 Å². The Kier molecular flexibility index (Phi) is 7.69. The second kappa shape index (κ2) is 10.2. The molecular formula is C24H31NO4S. The maximum atomic E-state index is 13.7. The van der Waals surface area contributed by atoms with E-state index in [1.54, 1.807) is 12.1 Å². The van der Waals surface area contributed by atoms with E-state index in [0.29, 0.717) is 19.6 Å². The quantitative estimate of drug-likeness (QED) is 0.581. The van der Waals surface area contributed by atoms with Crippen molar-refractivity contribution < 1.29 is 17.9 Å². The van der Waals surface area contributed by atoms with Gasteiger partial charge in [-0.2, -0.15) is 0 Å². The summed E-state index contributed by atoms with van der Waals surface area (Å²) < 4.78 is 40.6. The van der Waals surface area contributed by atoms with Crippen LogP contribution in [0.1, 0.15) is 37.8 Å². The Hall–Kier alpha value is -2.15. The van der Waals surface area contributed by atoms with Gasteiger partial charge in [0, 0.05) is 31.8 Å². The van der Waals surface area contributed by atoms with Gasteiger partial charge >= 0.3 is 0 Å². The summed E-state index contributed by atoms with van der Waals surface area (Å²) in [7, 11) is -3.74. The summed E-state index contributed by atoms with van der Waals surface area (Å²) >= 11 is 0. The molecule has 0 heterocycles. The van der Waals surface area contributed by atoms with Crippen LogP contribution in [0.2, 0.25) is 0 Å². The van der Waals surface area contributed by atoms with Gasteiger partial charge in [-0.05, 0) is 44.5 Å². The molecule has 3 rings (SSSR count). The lowest BCUT2D eigenvalue weighted by Crippen LogP contribution is -2.37. The van der Waals surface area contributed by atoms with E-state index in [-0.39, 0.29) is 23.6 Å². The third kappa shape index (κ3) is 5.50. The first-order valence-corrected chi connectivity index (χ1v) is 11.9. The van der Waals surface area contributed by atoms with Crippen LogP contribution in [0.5, 0.6) is 0 Å². The van der Waals surface area contributed by atoms with Crippen molar-refractivity contribution in [3.8, 4) is 0 Å². The highest BCUT2D eigenvalue weighted by Crippen LogP contribution is 2.31. The number of hydrogen-bond acceptors (Lipinski definition) is 4. The highest BCUT2D eigenvalue weighted by Gasteiger charge is 2.32. The number of nitrogens with zero attached hydrogens (tertiary/aromatic N) is 1. The second-order valence-electron chi connectivity index (χ2n) is 7.48. The molecule has 2 aromatic carbocycles. The first-order chi connectivity index (χ1) is 14.4. The van der Waals surface area contributed by atoms with E-state index >= 15 is 0 Å². The molecule has 0 fully saturated rings. The summed E-state index contributed by atoms with van der Waals surface area (Å²) in [6.07, 6.45) is 2.98. The predicted molar refractivity (Wildman–Crippen MR) is 118 cm³/mol. The molecule has 6 heteroatoms. The van der Waals surface area contributed by atoms with Crippen LogP contribution in [0, 0.1) is 6.92 Å². The lowest BCUT2D eigenvalue weighted by molar-refractivity contribution is -0.00284. The molecule has 0 amide bonds. The number of aryl methyl sites for hydroxylation is 1. The van der Waals surface area contributed by atoms with Crippen LogP contribution in [-0.4, -0.2) is 38.1 Å². The van der Waals surface area contributed by atoms with Crippen LogP contribution in [-0.2, 0) is 26.0 Å². The molecule has 0 bridgehead atoms. The van der Waals surface area contributed by atoms with Crippen molar-refractivity contribution in [2.24, 2.45) is 0 Å². The fourth-order valence-corrected chi connectivity index (χ4v) is 5.23. The van der Waals surface area contributed by atoms with E-state index < -0.39 is 10.0 Å². The Balaban J connectivity index is 2.02. The zero-order valence-electron chi connectivity index (χ0n) is 18.0. The SMILES string of the molecule is CCO[C@@H]1CC(N(Cc2ccccc2)S(=O)(=O)c2ccc(C)cc2)=C[C@@H](OCC)C1. The number of rotatable bonds is 9. The highest BCUT2D eigenvalue weighted by atomic mass is 32.2. The molecule has 1 aliphatic rings. The third-order valence-electron chi connectivity index (χ3n) is 5.19. The molecule has 0 radical (unpaired) electrons. The van der Waals surface area contributed by atoms with Crippen LogP contribution >= 0.6 is 0 Å². The Morgan fingerprint density at radius 1 is 0.967 bits per heavy atom. The van der Waals surface area contributed by atoms with Gasteiger partial charge in [0.2, 0.25) is 0 Å². The number of hydrogen-bond donors (Lipinski definition) is 0. The normalized spacial score (nSPS) is 19.4. The van der Waals surface area contributed by atoms with Gasteiger partial charge < -0.3 is 9.47 Å². The van der Waals surface area contributed by atoms with Gasteiger partial charge in [-0.15, -0.1) is 0 Å². The molecule has 1 aliphatic carbocycles. The third-order valence-corrected chi connectivity index (χ3v) is 7.00. The summed E-state index contributed by atoms with van der Waals surface area (Å²) in [4.78, 5) is 0.288. The van der Waals surface area contributed by atoms with E-state index in [2.05, 4.69) is 0 Å². The maximum absolute atomic E-state index is 13.7. The molecule has 0 saturated heterocycles. The molecule has 0 N–H and O–H groups in total. The van der Waals surface area contributed by atoms with E-state index in [4.69, 9.17) is 9.47 Å². The van der Waals surface area contributed by atoms with Crippen LogP contribution < -0.4 is 0 Å². The fraction of sp³-hybridized carbons (Fsp3) is 0.417. The van der Waals surface area contributed by atoms with Crippen molar-refractivity contribution >= 4 is 10.0 Å². The van der Waals surface area contributed by atoms with E-state index in [9.17, 15) is 8.42 Å². The Bertz CT molecular complexity index is 939. The minimum atomic E-state index is -3.74. The Morgan fingerprint density at radius 3 is 2.27 bits per heavy atom. The summed E-state index contributed by atoms with van der Waals surface area (Å²) in [6.45, 7) is 7.26. The molecule has 2 aromatic rings. The highest BCUT2D eigenvalue weighted by molar-refractivity contribution is 7.89. The first-order valence-electron chi connectivity index (χ1n) is 10.5. The molecule has 162 valence electrons. The molecule has 0 unspecified atom stereocenters. The molecule has 0 spiro atoms. The van der Waals surface area contributed by atoms with Gasteiger partial charge in [-0.25, -0.2) is 8.42 Å². The number of benzene rings is 2. The lowest BCUT2D eigenvalue weighted by Gasteiger charge is -2.34. The van der Waals surface area contributed by atoms with Crippen molar-refractivity contribution in [3.05, 3.63) is 77.5 Å². The minimum Gasteiger partial charge on any atom is -0.378 e. The molecule has 2 atom stereocenters. The van der Waals surface area contributed by atoms with Crippen LogP contribution in [0.3, 0.4) is 0 Å². The zero-order chi connectivity index (χ0) is 21.6. The molecular weight excluding hydrogens is 398 g/mol. The largest absolute Gasteiger partial charge is 0.378 e. The monoisotopic (exact) mass is 429 g/mol. The number of sulfonamides is 1. The summed E-state index contributed by atoms with van der Waals surface area (Å²) in [5.74, 6) is 0. The fourth-order valence-electron chi connectivity index (χ4n) is 3.73. The van der Waals surface area contributed by atoms with Crippen molar-refractivity contribution in [1.29, 1.82) is 0 Å². The predicted octanol–water partition coefficient (Wildman–Crippen LogP) is 4.67. The Morgan fingerprint density at radius 2 is 1.63 bits per heavy atom. The Labute approximate surface area is 180 Å². The van der Waals surface area contributed by atoms with Crippen molar-refractivity contribution in [1.82, 2.24) is 4.31 Å². The van der Waals surface area contributed by atoms with Gasteiger partial charge in [-0.3, -0.25) is 4.31 Å². The second-order valence-corrected chi connectivity index (χ2v) is 9.34. The summed E-state index contributed by atoms with van der Waals surface area (Å²) in [5, 5.41) is 0. The summed E-state index contributed by atoms with van der Waals surface area (Å²) in [6, 6.07) is 16.7. The van der Waals surface area contributed by atoms with Crippen LogP contribution in [0.15, 0.2) is 71.3 Å². The average Bonchev–Trinajstić information content (AvgIpc) is 2.73. The zero-order valence-corrected chi connectivity index (χ0v) is 18.8. The standard InChI is InChI=1S/C24H31NO4S/c1-4-28-22-15-21(16-23(17-22)29-5-2)25(18-20-9-7-6-8-10-20)30(26,27)24-13-11-19(3)12-14-24/h6-15,22-23H,4-5,16-18H2,1-3H3/t22-,23-/m1/s1. The topological polar surface area (TPSA) is 55.8 Å². The smallest absolute Gasteiger partial charge is 0.264 e. The number of ether oxygens (including phenoxy) is 2. The molecule has 0 aromatic heterocycles. The minimum absolute atomic E-state index is 0.0713. The van der Waals surface area contributed by atoms with Crippen molar-refractivity contribution in [2.45, 2.75) is 57.3 Å². The average molecular weight is 430 g/mol. The first kappa shape index (κ1) is 22.5. The van der Waals surface area contributed by atoms with Gasteiger partial charge in [0.15, 0.2) is 0 Å². The van der Waals surface area contributed by atoms with E-state index in [1.165, 1.54) is 4.31 Å². The van der Waals surface area contributed by atoms with Crippen molar-refractivity contribution in [3.63, 3.8) is 0 Å². The maximum Gasteiger partial charge on any atom is 0.264 e. The lowest BCUT2D eigenvalue weighted by atomic mass is 9.98. The molecule has 5 nitrogen and oxygen atoms in total. The molecule has 0 aliphatic heterocycles. The van der Waals surface area contributed by atoms with Crippen molar-refractivity contribution in [2.75, 3.05) is 13.2 Å². The van der Waals surface area contributed by atoms with Gasteiger partial charge in [-0.1, -0.05) is 48.0 Å². The van der Waals surface area contributed by atoms with Gasteiger partial charge in [0.25, 0.3) is 10.0 Å². The molecule has 30 heavy (non-hydrogen) atoms.